The van der Waals surface area contributed by atoms with Gasteiger partial charge < -0.3 is 27.6 Å². The van der Waals surface area contributed by atoms with Gasteiger partial charge in [0.15, 0.2) is 23.0 Å². The van der Waals surface area contributed by atoms with Crippen molar-refractivity contribution >= 4 is 27.4 Å². The van der Waals surface area contributed by atoms with Gasteiger partial charge in [-0.1, -0.05) is 26.0 Å². The Labute approximate surface area is 220 Å². The minimum atomic E-state index is -3.69. The molecule has 0 saturated heterocycles. The molecule has 0 aliphatic carbocycles. The Morgan fingerprint density at radius 1 is 0.711 bits per heavy atom. The monoisotopic (exact) mass is 568 g/mol. The number of hydrogen-bond donors (Lipinski definition) is 2. The van der Waals surface area contributed by atoms with Crippen molar-refractivity contribution in [2.45, 2.75) is 26.7 Å². The molecule has 2 aromatic rings. The maximum absolute atomic E-state index is 12.7. The smallest absolute Gasteiger partial charge is 0.468 e. The zero-order chi connectivity index (χ0) is 27.5. The predicted molar refractivity (Wildman–Crippen MR) is 136 cm³/mol. The van der Waals surface area contributed by atoms with Crippen molar-refractivity contribution in [3.63, 3.8) is 0 Å². The van der Waals surface area contributed by atoms with Crippen LogP contribution in [0.2, 0.25) is 0 Å². The highest BCUT2D eigenvalue weighted by atomic mass is 31.2. The zero-order valence-electron chi connectivity index (χ0n) is 21.4. The van der Waals surface area contributed by atoms with Gasteiger partial charge in [-0.25, -0.2) is 9.13 Å². The third-order valence-electron chi connectivity index (χ3n) is 6.27. The lowest BCUT2D eigenvalue weighted by atomic mass is 9.85. The number of carbonyl (C=O) groups excluding carboxylic acids is 2. The van der Waals surface area contributed by atoms with E-state index in [9.17, 15) is 18.7 Å². The van der Waals surface area contributed by atoms with Crippen LogP contribution in [0.25, 0.3) is 0 Å². The number of benzene rings is 2. The first-order chi connectivity index (χ1) is 18.0. The molecule has 12 nitrogen and oxygen atoms in total. The fourth-order valence-electron chi connectivity index (χ4n) is 3.95. The fraction of sp³-hybridized carbons (Fsp3) is 0.417. The molecule has 206 valence electrons. The lowest BCUT2D eigenvalue weighted by Gasteiger charge is -2.20. The van der Waals surface area contributed by atoms with E-state index in [4.69, 9.17) is 18.1 Å². The maximum atomic E-state index is 12.7. The molecule has 0 amide bonds. The summed E-state index contributed by atoms with van der Waals surface area (Å²) in [5.41, 5.74) is 1.97. The summed E-state index contributed by atoms with van der Waals surface area (Å²) in [5, 5.41) is 4.95. The Balaban J connectivity index is 1.33. The van der Waals surface area contributed by atoms with Crippen molar-refractivity contribution < 1.29 is 46.3 Å². The van der Waals surface area contributed by atoms with Crippen LogP contribution in [0.4, 0.5) is 0 Å². The molecule has 0 fully saturated rings. The Hall–Kier alpha value is -3.04. The fourth-order valence-corrected chi connectivity index (χ4v) is 6.55. The average Bonchev–Trinajstić information content (AvgIpc) is 3.40. The molecule has 14 heteroatoms. The van der Waals surface area contributed by atoms with Crippen molar-refractivity contribution in [2.24, 2.45) is 11.8 Å². The number of nitrogens with one attached hydrogen (secondary N) is 2. The summed E-state index contributed by atoms with van der Waals surface area (Å²) in [4.78, 5) is 22.7. The molecular weight excluding hydrogens is 538 g/mol. The van der Waals surface area contributed by atoms with Gasteiger partial charge in [-0.3, -0.25) is 9.59 Å². The number of rotatable bonds is 11. The molecule has 2 N–H and O–H groups in total. The van der Waals surface area contributed by atoms with E-state index in [0.29, 0.717) is 23.0 Å². The largest absolute Gasteiger partial charge is 0.513 e. The number of esters is 2. The van der Waals surface area contributed by atoms with E-state index in [1.807, 2.05) is 12.1 Å². The van der Waals surface area contributed by atoms with E-state index >= 15 is 0 Å². The summed E-state index contributed by atoms with van der Waals surface area (Å²) < 4.78 is 56.3. The zero-order valence-corrected chi connectivity index (χ0v) is 23.2. The first kappa shape index (κ1) is 28.0. The third-order valence-corrected chi connectivity index (χ3v) is 9.11. The van der Waals surface area contributed by atoms with E-state index in [0.717, 1.165) is 24.0 Å². The normalized spacial score (nSPS) is 22.5. The van der Waals surface area contributed by atoms with Gasteiger partial charge >= 0.3 is 27.4 Å². The molecule has 4 unspecified atom stereocenters. The molecule has 2 aliphatic rings. The van der Waals surface area contributed by atoms with Gasteiger partial charge in [0.05, 0.1) is 14.2 Å². The van der Waals surface area contributed by atoms with Gasteiger partial charge in [-0.15, -0.1) is 0 Å². The van der Waals surface area contributed by atoms with Crippen LogP contribution >= 0.6 is 15.5 Å². The maximum Gasteiger partial charge on any atom is 0.513 e. The summed E-state index contributed by atoms with van der Waals surface area (Å²) in [7, 11) is -4.90. The van der Waals surface area contributed by atoms with Crippen molar-refractivity contribution in [1.29, 1.82) is 0 Å². The summed E-state index contributed by atoms with van der Waals surface area (Å²) in [6.07, 6.45) is 1.46. The summed E-state index contributed by atoms with van der Waals surface area (Å²) in [6, 6.07) is 10.8. The predicted octanol–water partition coefficient (Wildman–Crippen LogP) is 4.03. The number of ether oxygens (including phenoxy) is 2. The van der Waals surface area contributed by atoms with Gasteiger partial charge in [0.2, 0.25) is 0 Å². The van der Waals surface area contributed by atoms with Crippen LogP contribution in [0, 0.1) is 11.8 Å². The van der Waals surface area contributed by atoms with Crippen molar-refractivity contribution in [3.05, 3.63) is 47.5 Å². The lowest BCUT2D eigenvalue weighted by Crippen LogP contribution is -2.24. The van der Waals surface area contributed by atoms with Gasteiger partial charge in [-0.05, 0) is 60.1 Å². The van der Waals surface area contributed by atoms with Crippen LogP contribution < -0.4 is 28.3 Å². The highest BCUT2D eigenvalue weighted by Crippen LogP contribution is 2.56. The molecule has 4 atom stereocenters. The highest BCUT2D eigenvalue weighted by Gasteiger charge is 2.38. The van der Waals surface area contributed by atoms with Gasteiger partial charge in [0.25, 0.3) is 0 Å². The van der Waals surface area contributed by atoms with Crippen LogP contribution in [0.1, 0.15) is 25.0 Å². The van der Waals surface area contributed by atoms with Gasteiger partial charge in [0.1, 0.15) is 13.1 Å². The molecule has 0 radical (unpaired) electrons. The summed E-state index contributed by atoms with van der Waals surface area (Å²) in [6.45, 7) is 3.67. The van der Waals surface area contributed by atoms with Crippen LogP contribution in [-0.2, 0) is 41.0 Å². The number of fused-ring (bicyclic) bond motifs is 2. The second kappa shape index (κ2) is 11.4. The molecule has 2 heterocycles. The Kier molecular flexibility index (Phi) is 8.37. The SMILES string of the molecule is COC(=O)CNP1(=O)Oc2ccc(CC(C)C(C)Cc3ccc4c(c3)OP(=O)(NCC(=O)OC)O4)cc2O1. The van der Waals surface area contributed by atoms with Crippen molar-refractivity contribution in [1.82, 2.24) is 10.2 Å². The number of carbonyl (C=O) groups is 2. The summed E-state index contributed by atoms with van der Waals surface area (Å²) in [5.74, 6) is 0.740. The van der Waals surface area contributed by atoms with Gasteiger partial charge in [0, 0.05) is 0 Å². The van der Waals surface area contributed by atoms with Crippen molar-refractivity contribution in [2.75, 3.05) is 27.3 Å². The summed E-state index contributed by atoms with van der Waals surface area (Å²) >= 11 is 0. The van der Waals surface area contributed by atoms with E-state index in [-0.39, 0.29) is 24.9 Å². The molecule has 38 heavy (non-hydrogen) atoms. The Bertz CT molecular complexity index is 1220. The van der Waals surface area contributed by atoms with E-state index in [1.54, 1.807) is 24.3 Å². The first-order valence-corrected chi connectivity index (χ1v) is 15.0. The Morgan fingerprint density at radius 2 is 1.08 bits per heavy atom. The second-order valence-corrected chi connectivity index (χ2v) is 12.5. The molecule has 0 saturated carbocycles. The lowest BCUT2D eigenvalue weighted by molar-refractivity contribution is -0.140. The first-order valence-electron chi connectivity index (χ1n) is 11.9. The highest BCUT2D eigenvalue weighted by molar-refractivity contribution is 7.53. The third kappa shape index (κ3) is 6.69. The van der Waals surface area contributed by atoms with Crippen LogP contribution in [-0.4, -0.2) is 39.2 Å². The second-order valence-electron chi connectivity index (χ2n) is 9.11. The standard InChI is InChI=1S/C24H30N2O10P2/c1-15(9-17-5-7-19-21(11-17)35-37(29,33-19)25-13-23(27)31-3)16(2)10-18-6-8-20-22(12-18)36-38(30,34-20)26-14-24(28)32-4/h5-8,11-12,15-16H,9-10,13-14H2,1-4H3,(H,25,29)(H,26,30). The number of methoxy groups -OCH3 is 2. The van der Waals surface area contributed by atoms with Crippen LogP contribution in [0.15, 0.2) is 36.4 Å². The van der Waals surface area contributed by atoms with E-state index in [1.165, 1.54) is 14.2 Å². The van der Waals surface area contributed by atoms with Crippen molar-refractivity contribution in [3.8, 4) is 23.0 Å². The molecule has 2 aliphatic heterocycles. The Morgan fingerprint density at radius 3 is 1.45 bits per heavy atom. The van der Waals surface area contributed by atoms with E-state index < -0.39 is 27.4 Å². The quantitative estimate of drug-likeness (QED) is 0.298. The molecule has 4 rings (SSSR count). The topological polar surface area (TPSA) is 148 Å². The van der Waals surface area contributed by atoms with E-state index in [2.05, 4.69) is 33.5 Å². The van der Waals surface area contributed by atoms with Gasteiger partial charge in [-0.2, -0.15) is 10.2 Å². The molecule has 0 spiro atoms. The molecule has 0 aromatic heterocycles. The average molecular weight is 568 g/mol. The van der Waals surface area contributed by atoms with Crippen LogP contribution in [0.5, 0.6) is 23.0 Å². The van der Waals surface area contributed by atoms with Crippen LogP contribution in [0.3, 0.4) is 0 Å². The molecular formula is C24H30N2O10P2. The minimum Gasteiger partial charge on any atom is -0.468 e. The minimum absolute atomic E-state index is 0.262. The molecule has 2 aromatic carbocycles. The molecule has 0 bridgehead atoms. The number of hydrogen-bond acceptors (Lipinski definition) is 10.